The third-order valence-electron chi connectivity index (χ3n) is 3.38. The predicted octanol–water partition coefficient (Wildman–Crippen LogP) is 3.11. The zero-order chi connectivity index (χ0) is 17.1. The van der Waals surface area contributed by atoms with E-state index in [-0.39, 0.29) is 28.9 Å². The number of amides is 1. The Labute approximate surface area is 142 Å². The number of methoxy groups -OCH3 is 1. The Morgan fingerprint density at radius 2 is 2.12 bits per heavy atom. The summed E-state index contributed by atoms with van der Waals surface area (Å²) < 4.78 is 15.4. The van der Waals surface area contributed by atoms with E-state index in [0.29, 0.717) is 11.5 Å². The fraction of sp³-hybridized carbons (Fsp3) is 0.125. The van der Waals surface area contributed by atoms with E-state index >= 15 is 0 Å². The first-order valence-corrected chi connectivity index (χ1v) is 7.39. The van der Waals surface area contributed by atoms with Gasteiger partial charge in [-0.25, -0.2) is 0 Å². The maximum atomic E-state index is 12.5. The van der Waals surface area contributed by atoms with Crippen molar-refractivity contribution in [3.8, 4) is 17.2 Å². The fourth-order valence-corrected chi connectivity index (χ4v) is 2.39. The van der Waals surface area contributed by atoms with Crippen LogP contribution >= 0.6 is 11.6 Å². The number of benzene rings is 1. The number of hydrogen-bond donors (Lipinski definition) is 2. The van der Waals surface area contributed by atoms with Gasteiger partial charge in [-0.2, -0.15) is 0 Å². The number of hydrogen-bond acceptors (Lipinski definition) is 6. The Hall–Kier alpha value is -2.93. The van der Waals surface area contributed by atoms with Crippen LogP contribution in [0.25, 0.3) is 11.5 Å². The van der Waals surface area contributed by atoms with Crippen LogP contribution in [0.2, 0.25) is 5.22 Å². The lowest BCUT2D eigenvalue weighted by atomic mass is 10.1. The van der Waals surface area contributed by atoms with Crippen molar-refractivity contribution in [2.75, 3.05) is 12.8 Å². The summed E-state index contributed by atoms with van der Waals surface area (Å²) in [5.74, 6) is 0.425. The molecule has 0 radical (unpaired) electrons. The average molecular weight is 348 g/mol. The van der Waals surface area contributed by atoms with Gasteiger partial charge in [0.25, 0.3) is 5.91 Å². The summed E-state index contributed by atoms with van der Waals surface area (Å²) in [4.78, 5) is 12.5. The second kappa shape index (κ2) is 6.67. The maximum absolute atomic E-state index is 12.5. The number of aromatic nitrogens is 1. The molecule has 8 heteroatoms. The number of nitrogens with two attached hydrogens (primary N) is 1. The second-order valence-electron chi connectivity index (χ2n) is 4.87. The number of para-hydroxylation sites is 1. The van der Waals surface area contributed by atoms with Gasteiger partial charge in [0.15, 0.2) is 16.7 Å². The Bertz CT molecular complexity index is 872. The molecule has 0 fully saturated rings. The van der Waals surface area contributed by atoms with E-state index in [4.69, 9.17) is 31.0 Å². The molecule has 124 valence electrons. The fourth-order valence-electron chi connectivity index (χ4n) is 2.24. The summed E-state index contributed by atoms with van der Waals surface area (Å²) in [5.41, 5.74) is 6.83. The van der Waals surface area contributed by atoms with Gasteiger partial charge >= 0.3 is 0 Å². The summed E-state index contributed by atoms with van der Waals surface area (Å²) >= 11 is 5.75. The van der Waals surface area contributed by atoms with Crippen LogP contribution in [0.1, 0.15) is 15.9 Å². The van der Waals surface area contributed by atoms with E-state index in [9.17, 15) is 4.79 Å². The number of ether oxygens (including phenoxy) is 1. The van der Waals surface area contributed by atoms with Crippen LogP contribution < -0.4 is 15.8 Å². The predicted molar refractivity (Wildman–Crippen MR) is 87.8 cm³/mol. The molecule has 0 atom stereocenters. The molecule has 0 aliphatic carbocycles. The van der Waals surface area contributed by atoms with Crippen molar-refractivity contribution in [1.82, 2.24) is 10.5 Å². The Kier molecular flexibility index (Phi) is 4.43. The SMILES string of the molecule is COc1ccccc1CNC(=O)c1c(-c2ccc(Cl)o2)noc1N. The number of carbonyl (C=O) groups excluding carboxylic acids is 1. The number of halogens is 1. The lowest BCUT2D eigenvalue weighted by molar-refractivity contribution is 0.0951. The van der Waals surface area contributed by atoms with Crippen LogP contribution in [0.5, 0.6) is 5.75 Å². The van der Waals surface area contributed by atoms with E-state index in [1.165, 1.54) is 6.07 Å². The van der Waals surface area contributed by atoms with E-state index in [2.05, 4.69) is 10.5 Å². The highest BCUT2D eigenvalue weighted by molar-refractivity contribution is 6.29. The van der Waals surface area contributed by atoms with Crippen molar-refractivity contribution in [3.05, 3.63) is 52.7 Å². The van der Waals surface area contributed by atoms with Crippen LogP contribution in [-0.4, -0.2) is 18.2 Å². The van der Waals surface area contributed by atoms with Crippen molar-refractivity contribution in [2.24, 2.45) is 0 Å². The first-order chi connectivity index (χ1) is 11.6. The second-order valence-corrected chi connectivity index (χ2v) is 5.24. The van der Waals surface area contributed by atoms with Gasteiger partial charge in [0.05, 0.1) is 7.11 Å². The van der Waals surface area contributed by atoms with Crippen LogP contribution in [0, 0.1) is 0 Å². The van der Waals surface area contributed by atoms with Crippen molar-refractivity contribution in [1.29, 1.82) is 0 Å². The van der Waals surface area contributed by atoms with Gasteiger partial charge in [-0.1, -0.05) is 23.4 Å². The molecule has 3 aromatic rings. The maximum Gasteiger partial charge on any atom is 0.259 e. The molecule has 0 unspecified atom stereocenters. The first-order valence-electron chi connectivity index (χ1n) is 7.01. The van der Waals surface area contributed by atoms with Gasteiger partial charge in [-0.05, 0) is 29.8 Å². The molecule has 0 spiro atoms. The normalized spacial score (nSPS) is 10.6. The van der Waals surface area contributed by atoms with Gasteiger partial charge in [-0.3, -0.25) is 4.79 Å². The standard InChI is InChI=1S/C16H14ClN3O4/c1-22-10-5-3-2-4-9(10)8-19-16(21)13-14(20-24-15(13)18)11-6-7-12(17)23-11/h2-7H,8,18H2,1H3,(H,19,21). The molecule has 1 aromatic carbocycles. The smallest absolute Gasteiger partial charge is 0.259 e. The Morgan fingerprint density at radius 1 is 1.33 bits per heavy atom. The number of carbonyl (C=O) groups is 1. The van der Waals surface area contributed by atoms with Crippen LogP contribution in [0.15, 0.2) is 45.3 Å². The third-order valence-corrected chi connectivity index (χ3v) is 3.59. The summed E-state index contributed by atoms with van der Waals surface area (Å²) in [5, 5.41) is 6.70. The van der Waals surface area contributed by atoms with Gasteiger partial charge in [0.2, 0.25) is 5.88 Å². The zero-order valence-corrected chi connectivity index (χ0v) is 13.5. The van der Waals surface area contributed by atoms with Crippen LogP contribution in [0.3, 0.4) is 0 Å². The van der Waals surface area contributed by atoms with Crippen molar-refractivity contribution >= 4 is 23.4 Å². The summed E-state index contributed by atoms with van der Waals surface area (Å²) in [6.07, 6.45) is 0. The molecule has 7 nitrogen and oxygen atoms in total. The Balaban J connectivity index is 1.82. The van der Waals surface area contributed by atoms with E-state index in [1.807, 2.05) is 24.3 Å². The van der Waals surface area contributed by atoms with Gasteiger partial charge < -0.3 is 24.7 Å². The van der Waals surface area contributed by atoms with E-state index < -0.39 is 5.91 Å². The number of nitrogens with one attached hydrogen (secondary N) is 1. The lowest BCUT2D eigenvalue weighted by Crippen LogP contribution is -2.24. The molecule has 24 heavy (non-hydrogen) atoms. The van der Waals surface area contributed by atoms with E-state index in [1.54, 1.807) is 13.2 Å². The van der Waals surface area contributed by atoms with Crippen LogP contribution in [-0.2, 0) is 6.54 Å². The molecule has 0 bridgehead atoms. The molecule has 3 rings (SSSR count). The Morgan fingerprint density at radius 3 is 2.83 bits per heavy atom. The number of anilines is 1. The molecular weight excluding hydrogens is 334 g/mol. The number of nitrogen functional groups attached to an aromatic ring is 1. The number of furan rings is 1. The highest BCUT2D eigenvalue weighted by Gasteiger charge is 2.24. The monoisotopic (exact) mass is 347 g/mol. The van der Waals surface area contributed by atoms with Crippen molar-refractivity contribution in [2.45, 2.75) is 6.54 Å². The molecule has 0 saturated heterocycles. The lowest BCUT2D eigenvalue weighted by Gasteiger charge is -2.09. The topological polar surface area (TPSA) is 104 Å². The minimum atomic E-state index is -0.442. The van der Waals surface area contributed by atoms with Crippen LogP contribution in [0.4, 0.5) is 5.88 Å². The first kappa shape index (κ1) is 15.9. The number of rotatable bonds is 5. The van der Waals surface area contributed by atoms with Crippen molar-refractivity contribution < 1.29 is 18.5 Å². The molecule has 0 aliphatic rings. The average Bonchev–Trinajstić information content (AvgIpc) is 3.18. The molecule has 1 amide bonds. The molecular formula is C16H14ClN3O4. The highest BCUT2D eigenvalue weighted by Crippen LogP contribution is 2.30. The third kappa shape index (κ3) is 3.07. The summed E-state index contributed by atoms with van der Waals surface area (Å²) in [6, 6.07) is 10.5. The van der Waals surface area contributed by atoms with Crippen molar-refractivity contribution in [3.63, 3.8) is 0 Å². The van der Waals surface area contributed by atoms with Gasteiger partial charge in [-0.15, -0.1) is 0 Å². The quantitative estimate of drug-likeness (QED) is 0.735. The summed E-state index contributed by atoms with van der Waals surface area (Å²) in [6.45, 7) is 0.256. The number of nitrogens with zero attached hydrogens (tertiary/aromatic N) is 1. The highest BCUT2D eigenvalue weighted by atomic mass is 35.5. The minimum Gasteiger partial charge on any atom is -0.496 e. The summed E-state index contributed by atoms with van der Waals surface area (Å²) in [7, 11) is 1.57. The van der Waals surface area contributed by atoms with Gasteiger partial charge in [0.1, 0.15) is 11.3 Å². The molecule has 0 aliphatic heterocycles. The molecule has 2 heterocycles. The molecule has 2 aromatic heterocycles. The largest absolute Gasteiger partial charge is 0.496 e. The zero-order valence-electron chi connectivity index (χ0n) is 12.7. The molecule has 0 saturated carbocycles. The molecule has 3 N–H and O–H groups in total. The minimum absolute atomic E-state index is 0.0934. The van der Waals surface area contributed by atoms with E-state index in [0.717, 1.165) is 5.56 Å². The van der Waals surface area contributed by atoms with Gasteiger partial charge in [0, 0.05) is 12.1 Å².